The highest BCUT2D eigenvalue weighted by molar-refractivity contribution is 5.86. The van der Waals surface area contributed by atoms with E-state index in [1.165, 1.54) is 12.1 Å². The molecular weight excluding hydrogens is 447 g/mol. The van der Waals surface area contributed by atoms with Gasteiger partial charge >= 0.3 is 0 Å². The number of aromatic nitrogens is 3. The molecule has 0 atom stereocenters. The van der Waals surface area contributed by atoms with Gasteiger partial charge in [0.2, 0.25) is 11.8 Å². The fraction of sp³-hybridized carbons (Fsp3) is 0.296. The zero-order valence-electron chi connectivity index (χ0n) is 20.4. The summed E-state index contributed by atoms with van der Waals surface area (Å²) in [5.41, 5.74) is 4.70. The number of carbonyl (C=O) groups excluding carboxylic acids is 1. The quantitative estimate of drug-likeness (QED) is 0.374. The number of methoxy groups -OCH3 is 1. The van der Waals surface area contributed by atoms with Crippen LogP contribution in [0.15, 0.2) is 48.5 Å². The number of aryl methyl sites for hydroxylation is 2. The lowest BCUT2D eigenvalue weighted by atomic mass is 10.0. The first-order valence-electron chi connectivity index (χ1n) is 11.6. The molecule has 2 heterocycles. The SMILES string of the molecule is CCOc1nc2c(c(C)nn2-c2cccc(F)c2)c(C)c1CCC(=O)NCc1ccccc1OC. The molecular formula is C27H29FN4O3. The van der Waals surface area contributed by atoms with E-state index in [1.54, 1.807) is 23.9 Å². The van der Waals surface area contributed by atoms with E-state index in [0.29, 0.717) is 36.8 Å². The lowest BCUT2D eigenvalue weighted by molar-refractivity contribution is -0.121. The van der Waals surface area contributed by atoms with Crippen LogP contribution in [0.5, 0.6) is 11.6 Å². The number of fused-ring (bicyclic) bond motifs is 1. The average molecular weight is 477 g/mol. The Bertz CT molecular complexity index is 1370. The third-order valence-corrected chi connectivity index (χ3v) is 5.93. The predicted octanol–water partition coefficient (Wildman–Crippen LogP) is 4.83. The third kappa shape index (κ3) is 5.11. The number of amides is 1. The van der Waals surface area contributed by atoms with E-state index >= 15 is 0 Å². The van der Waals surface area contributed by atoms with Gasteiger partial charge in [-0.1, -0.05) is 24.3 Å². The first kappa shape index (κ1) is 24.2. The number of nitrogens with one attached hydrogen (secondary N) is 1. The van der Waals surface area contributed by atoms with Crippen molar-refractivity contribution in [3.05, 3.63) is 76.7 Å². The Kier molecular flexibility index (Phi) is 7.29. The number of carbonyl (C=O) groups is 1. The van der Waals surface area contributed by atoms with Crippen LogP contribution in [0.25, 0.3) is 16.7 Å². The molecule has 0 unspecified atom stereocenters. The van der Waals surface area contributed by atoms with Crippen LogP contribution in [0.4, 0.5) is 4.39 Å². The Labute approximate surface area is 203 Å². The molecule has 7 nitrogen and oxygen atoms in total. The largest absolute Gasteiger partial charge is 0.496 e. The first-order chi connectivity index (χ1) is 16.9. The molecule has 0 saturated heterocycles. The highest BCUT2D eigenvalue weighted by atomic mass is 19.1. The highest BCUT2D eigenvalue weighted by Gasteiger charge is 2.21. The van der Waals surface area contributed by atoms with E-state index in [4.69, 9.17) is 14.5 Å². The normalized spacial score (nSPS) is 11.0. The maximum absolute atomic E-state index is 13.9. The summed E-state index contributed by atoms with van der Waals surface area (Å²) < 4.78 is 26.7. The second-order valence-corrected chi connectivity index (χ2v) is 8.22. The monoisotopic (exact) mass is 476 g/mol. The second-order valence-electron chi connectivity index (χ2n) is 8.22. The molecule has 2 aromatic carbocycles. The predicted molar refractivity (Wildman–Crippen MR) is 133 cm³/mol. The molecule has 1 N–H and O–H groups in total. The van der Waals surface area contributed by atoms with E-state index in [2.05, 4.69) is 10.4 Å². The minimum absolute atomic E-state index is 0.0787. The summed E-state index contributed by atoms with van der Waals surface area (Å²) in [6.45, 7) is 6.59. The van der Waals surface area contributed by atoms with Crippen LogP contribution in [-0.2, 0) is 17.8 Å². The fourth-order valence-corrected chi connectivity index (χ4v) is 4.24. The van der Waals surface area contributed by atoms with Crippen LogP contribution >= 0.6 is 0 Å². The number of rotatable bonds is 9. The molecule has 0 radical (unpaired) electrons. The molecule has 0 bridgehead atoms. The Balaban J connectivity index is 1.60. The fourth-order valence-electron chi connectivity index (χ4n) is 4.24. The average Bonchev–Trinajstić information content (AvgIpc) is 3.19. The number of hydrogen-bond donors (Lipinski definition) is 1. The van der Waals surface area contributed by atoms with Gasteiger partial charge in [0.05, 0.1) is 25.1 Å². The summed E-state index contributed by atoms with van der Waals surface area (Å²) in [4.78, 5) is 17.4. The molecule has 35 heavy (non-hydrogen) atoms. The van der Waals surface area contributed by atoms with Gasteiger partial charge in [0.25, 0.3) is 0 Å². The van der Waals surface area contributed by atoms with E-state index < -0.39 is 0 Å². The van der Waals surface area contributed by atoms with Gasteiger partial charge in [-0.25, -0.2) is 9.07 Å². The Morgan fingerprint density at radius 1 is 1.14 bits per heavy atom. The van der Waals surface area contributed by atoms with Crippen LogP contribution in [0.2, 0.25) is 0 Å². The smallest absolute Gasteiger partial charge is 0.220 e. The van der Waals surface area contributed by atoms with E-state index in [9.17, 15) is 9.18 Å². The van der Waals surface area contributed by atoms with Crippen molar-refractivity contribution in [1.82, 2.24) is 20.1 Å². The Morgan fingerprint density at radius 2 is 1.94 bits per heavy atom. The lowest BCUT2D eigenvalue weighted by Gasteiger charge is -2.14. The topological polar surface area (TPSA) is 78.3 Å². The zero-order valence-corrected chi connectivity index (χ0v) is 20.4. The van der Waals surface area contributed by atoms with E-state index in [1.807, 2.05) is 45.0 Å². The van der Waals surface area contributed by atoms with Gasteiger partial charge < -0.3 is 14.8 Å². The van der Waals surface area contributed by atoms with Gasteiger partial charge in [0.15, 0.2) is 5.65 Å². The van der Waals surface area contributed by atoms with Crippen LogP contribution < -0.4 is 14.8 Å². The number of para-hydroxylation sites is 1. The van der Waals surface area contributed by atoms with Crippen molar-refractivity contribution in [2.45, 2.75) is 40.2 Å². The number of ether oxygens (including phenoxy) is 2. The van der Waals surface area contributed by atoms with Gasteiger partial charge in [-0.05, 0) is 57.0 Å². The molecule has 182 valence electrons. The number of pyridine rings is 1. The molecule has 0 aliphatic carbocycles. The molecule has 0 aliphatic rings. The number of halogens is 1. The van der Waals surface area contributed by atoms with Crippen LogP contribution in [0.1, 0.15) is 35.7 Å². The molecule has 4 rings (SSSR count). The molecule has 4 aromatic rings. The van der Waals surface area contributed by atoms with Crippen molar-refractivity contribution in [2.75, 3.05) is 13.7 Å². The minimum Gasteiger partial charge on any atom is -0.496 e. The summed E-state index contributed by atoms with van der Waals surface area (Å²) in [6.07, 6.45) is 0.743. The summed E-state index contributed by atoms with van der Waals surface area (Å²) in [6, 6.07) is 13.8. The van der Waals surface area contributed by atoms with Crippen LogP contribution in [-0.4, -0.2) is 34.4 Å². The summed E-state index contributed by atoms with van der Waals surface area (Å²) >= 11 is 0. The molecule has 0 saturated carbocycles. The third-order valence-electron chi connectivity index (χ3n) is 5.93. The van der Waals surface area contributed by atoms with Gasteiger partial charge in [-0.2, -0.15) is 10.1 Å². The maximum atomic E-state index is 13.9. The molecule has 8 heteroatoms. The molecule has 1 amide bonds. The zero-order chi connectivity index (χ0) is 24.9. The van der Waals surface area contributed by atoms with Crippen LogP contribution in [0.3, 0.4) is 0 Å². The summed E-state index contributed by atoms with van der Waals surface area (Å²) in [7, 11) is 1.61. The van der Waals surface area contributed by atoms with Crippen molar-refractivity contribution in [3.63, 3.8) is 0 Å². The molecule has 0 aliphatic heterocycles. The van der Waals surface area contributed by atoms with Gasteiger partial charge in [0, 0.05) is 29.5 Å². The van der Waals surface area contributed by atoms with Crippen molar-refractivity contribution in [1.29, 1.82) is 0 Å². The van der Waals surface area contributed by atoms with Crippen molar-refractivity contribution < 1.29 is 18.7 Å². The van der Waals surface area contributed by atoms with Gasteiger partial charge in [0.1, 0.15) is 11.6 Å². The standard InChI is InChI=1S/C27H29FN4O3/c1-5-35-27-22(13-14-24(33)29-16-19-9-6-7-12-23(19)34-4)17(2)25-18(3)31-32(26(25)30-27)21-11-8-10-20(28)15-21/h6-12,15H,5,13-14,16H2,1-4H3,(H,29,33). The first-order valence-corrected chi connectivity index (χ1v) is 11.6. The highest BCUT2D eigenvalue weighted by Crippen LogP contribution is 2.32. The van der Waals surface area contributed by atoms with Crippen molar-refractivity contribution in [2.24, 2.45) is 0 Å². The summed E-state index contributed by atoms with van der Waals surface area (Å²) in [5.74, 6) is 0.779. The van der Waals surface area contributed by atoms with E-state index in [0.717, 1.165) is 33.5 Å². The number of nitrogens with zero attached hydrogens (tertiary/aromatic N) is 3. The minimum atomic E-state index is -0.346. The van der Waals surface area contributed by atoms with Gasteiger partial charge in [-0.15, -0.1) is 0 Å². The van der Waals surface area contributed by atoms with Crippen molar-refractivity contribution >= 4 is 16.9 Å². The van der Waals surface area contributed by atoms with Gasteiger partial charge in [-0.3, -0.25) is 4.79 Å². The maximum Gasteiger partial charge on any atom is 0.220 e. The summed E-state index contributed by atoms with van der Waals surface area (Å²) in [5, 5.41) is 8.46. The van der Waals surface area contributed by atoms with Crippen molar-refractivity contribution in [3.8, 4) is 17.3 Å². The van der Waals surface area contributed by atoms with Crippen LogP contribution in [0, 0.1) is 19.7 Å². The lowest BCUT2D eigenvalue weighted by Crippen LogP contribution is -2.23. The second kappa shape index (κ2) is 10.5. The van der Waals surface area contributed by atoms with E-state index in [-0.39, 0.29) is 18.1 Å². The molecule has 2 aromatic heterocycles. The number of benzene rings is 2. The number of hydrogen-bond acceptors (Lipinski definition) is 5. The Morgan fingerprint density at radius 3 is 2.69 bits per heavy atom. The molecule has 0 fully saturated rings. The molecule has 0 spiro atoms. The Hall–Kier alpha value is -3.94.